The molecule has 1 aromatic carbocycles. The standard InChI is InChI=1S/C12H12N2O/c1-9-7-13-14-8-11(9)12(15)10-5-3-2-4-6-10/h2-9,14H,1H3. The lowest BCUT2D eigenvalue weighted by molar-refractivity contribution is 0.102. The van der Waals surface area contributed by atoms with Crippen LogP contribution in [0.5, 0.6) is 0 Å². The first-order chi connectivity index (χ1) is 7.29. The van der Waals surface area contributed by atoms with E-state index in [1.54, 1.807) is 12.4 Å². The van der Waals surface area contributed by atoms with Gasteiger partial charge in [0.1, 0.15) is 0 Å². The maximum Gasteiger partial charge on any atom is 0.191 e. The van der Waals surface area contributed by atoms with E-state index in [-0.39, 0.29) is 11.7 Å². The molecule has 0 aliphatic carbocycles. The first kappa shape index (κ1) is 9.65. The van der Waals surface area contributed by atoms with Crippen molar-refractivity contribution >= 4 is 12.0 Å². The van der Waals surface area contributed by atoms with E-state index in [1.807, 2.05) is 37.3 Å². The third-order valence-corrected chi connectivity index (χ3v) is 2.38. The summed E-state index contributed by atoms with van der Waals surface area (Å²) in [7, 11) is 0. The van der Waals surface area contributed by atoms with Gasteiger partial charge in [-0.3, -0.25) is 10.2 Å². The second kappa shape index (κ2) is 4.09. The van der Waals surface area contributed by atoms with Gasteiger partial charge in [0.25, 0.3) is 0 Å². The lowest BCUT2D eigenvalue weighted by atomic mass is 9.94. The molecule has 15 heavy (non-hydrogen) atoms. The van der Waals surface area contributed by atoms with Crippen LogP contribution in [0.2, 0.25) is 0 Å². The molecule has 0 aromatic heterocycles. The van der Waals surface area contributed by atoms with Gasteiger partial charge < -0.3 is 0 Å². The number of ketones is 1. The maximum atomic E-state index is 12.0. The van der Waals surface area contributed by atoms with Crippen molar-refractivity contribution in [3.8, 4) is 0 Å². The maximum absolute atomic E-state index is 12.0. The highest BCUT2D eigenvalue weighted by atomic mass is 16.1. The quantitative estimate of drug-likeness (QED) is 0.741. The van der Waals surface area contributed by atoms with E-state index in [2.05, 4.69) is 10.5 Å². The molecule has 3 heteroatoms. The Balaban J connectivity index is 2.26. The molecule has 1 aliphatic rings. The summed E-state index contributed by atoms with van der Waals surface area (Å²) in [5, 5.41) is 3.88. The van der Waals surface area contributed by atoms with Crippen molar-refractivity contribution in [3.63, 3.8) is 0 Å². The molecule has 0 radical (unpaired) electrons. The number of nitrogens with zero attached hydrogens (tertiary/aromatic N) is 1. The summed E-state index contributed by atoms with van der Waals surface area (Å²) in [6, 6.07) is 9.27. The molecule has 1 N–H and O–H groups in total. The Morgan fingerprint density at radius 2 is 2.07 bits per heavy atom. The van der Waals surface area contributed by atoms with Gasteiger partial charge in [0.05, 0.1) is 0 Å². The van der Waals surface area contributed by atoms with Crippen LogP contribution in [0, 0.1) is 5.92 Å². The largest absolute Gasteiger partial charge is 0.289 e. The molecule has 0 amide bonds. The Bertz CT molecular complexity index is 421. The average molecular weight is 200 g/mol. The lowest BCUT2D eigenvalue weighted by Crippen LogP contribution is -2.19. The van der Waals surface area contributed by atoms with Gasteiger partial charge in [-0.2, -0.15) is 5.10 Å². The van der Waals surface area contributed by atoms with Crippen LogP contribution < -0.4 is 5.43 Å². The van der Waals surface area contributed by atoms with Crippen molar-refractivity contribution in [1.29, 1.82) is 0 Å². The summed E-state index contributed by atoms with van der Waals surface area (Å²) >= 11 is 0. The second-order valence-electron chi connectivity index (χ2n) is 3.49. The predicted molar refractivity (Wildman–Crippen MR) is 59.6 cm³/mol. The molecule has 3 nitrogen and oxygen atoms in total. The molecule has 1 atom stereocenters. The zero-order valence-electron chi connectivity index (χ0n) is 8.47. The van der Waals surface area contributed by atoms with Crippen molar-refractivity contribution in [2.45, 2.75) is 6.92 Å². The van der Waals surface area contributed by atoms with E-state index < -0.39 is 0 Å². The number of nitrogens with one attached hydrogen (secondary N) is 1. The topological polar surface area (TPSA) is 41.5 Å². The van der Waals surface area contributed by atoms with Crippen LogP contribution in [-0.4, -0.2) is 12.0 Å². The first-order valence-corrected chi connectivity index (χ1v) is 4.87. The minimum atomic E-state index is 0.0572. The predicted octanol–water partition coefficient (Wildman–Crippen LogP) is 1.98. The van der Waals surface area contributed by atoms with Gasteiger partial charge >= 0.3 is 0 Å². The van der Waals surface area contributed by atoms with Crippen molar-refractivity contribution < 1.29 is 4.79 Å². The summed E-state index contributed by atoms with van der Waals surface area (Å²) in [6.45, 7) is 1.96. The molecule has 76 valence electrons. The monoisotopic (exact) mass is 200 g/mol. The molecule has 1 aliphatic heterocycles. The molecular formula is C12H12N2O. The number of carbonyl (C=O) groups is 1. The number of hydrazone groups is 1. The number of benzene rings is 1. The van der Waals surface area contributed by atoms with E-state index in [4.69, 9.17) is 0 Å². The molecular weight excluding hydrogens is 188 g/mol. The van der Waals surface area contributed by atoms with Crippen molar-refractivity contribution in [2.75, 3.05) is 0 Å². The summed E-state index contributed by atoms with van der Waals surface area (Å²) in [6.07, 6.45) is 3.40. The van der Waals surface area contributed by atoms with Gasteiger partial charge in [-0.05, 0) is 0 Å². The lowest BCUT2D eigenvalue weighted by Gasteiger charge is -2.14. The molecule has 0 fully saturated rings. The van der Waals surface area contributed by atoms with Crippen LogP contribution in [0.15, 0.2) is 47.2 Å². The molecule has 1 heterocycles. The van der Waals surface area contributed by atoms with E-state index >= 15 is 0 Å². The van der Waals surface area contributed by atoms with Crippen molar-refractivity contribution in [2.24, 2.45) is 11.0 Å². The number of Topliss-reactive ketones (excluding diaryl/α,β-unsaturated/α-hetero) is 1. The van der Waals surface area contributed by atoms with E-state index in [0.717, 1.165) is 5.57 Å². The third kappa shape index (κ3) is 1.96. The summed E-state index contributed by atoms with van der Waals surface area (Å²) in [5.41, 5.74) is 4.16. The number of hydrogen-bond acceptors (Lipinski definition) is 3. The number of rotatable bonds is 2. The van der Waals surface area contributed by atoms with E-state index in [9.17, 15) is 4.79 Å². The van der Waals surface area contributed by atoms with Crippen molar-refractivity contribution in [1.82, 2.24) is 5.43 Å². The zero-order chi connectivity index (χ0) is 10.7. The fourth-order valence-corrected chi connectivity index (χ4v) is 1.50. The van der Waals surface area contributed by atoms with E-state index in [1.165, 1.54) is 0 Å². The van der Waals surface area contributed by atoms with Crippen LogP contribution in [0.3, 0.4) is 0 Å². The number of hydrogen-bond donors (Lipinski definition) is 1. The molecule has 2 rings (SSSR count). The number of allylic oxidation sites excluding steroid dienone is 1. The highest BCUT2D eigenvalue weighted by Crippen LogP contribution is 2.16. The van der Waals surface area contributed by atoms with Crippen LogP contribution in [0.25, 0.3) is 0 Å². The Morgan fingerprint density at radius 1 is 1.33 bits per heavy atom. The average Bonchev–Trinajstić information content (AvgIpc) is 2.30. The molecule has 0 saturated carbocycles. The Hall–Kier alpha value is -1.90. The first-order valence-electron chi connectivity index (χ1n) is 4.87. The van der Waals surface area contributed by atoms with Crippen LogP contribution in [-0.2, 0) is 0 Å². The normalized spacial score (nSPS) is 19.3. The molecule has 1 aromatic rings. The van der Waals surface area contributed by atoms with Gasteiger partial charge in [-0.25, -0.2) is 0 Å². The van der Waals surface area contributed by atoms with Gasteiger partial charge in [-0.15, -0.1) is 0 Å². The van der Waals surface area contributed by atoms with Crippen molar-refractivity contribution in [3.05, 3.63) is 47.7 Å². The highest BCUT2D eigenvalue weighted by molar-refractivity contribution is 6.10. The Kier molecular flexibility index (Phi) is 2.63. The Morgan fingerprint density at radius 3 is 2.73 bits per heavy atom. The van der Waals surface area contributed by atoms with Gasteiger partial charge in [0, 0.05) is 29.5 Å². The van der Waals surface area contributed by atoms with Crippen LogP contribution in [0.1, 0.15) is 17.3 Å². The fraction of sp³-hybridized carbons (Fsp3) is 0.167. The summed E-state index contributed by atoms with van der Waals surface area (Å²) in [4.78, 5) is 12.0. The highest BCUT2D eigenvalue weighted by Gasteiger charge is 2.18. The van der Waals surface area contributed by atoms with E-state index in [0.29, 0.717) is 5.56 Å². The smallest absolute Gasteiger partial charge is 0.191 e. The summed E-state index contributed by atoms with van der Waals surface area (Å²) < 4.78 is 0. The fourth-order valence-electron chi connectivity index (χ4n) is 1.50. The minimum Gasteiger partial charge on any atom is -0.289 e. The minimum absolute atomic E-state index is 0.0572. The molecule has 0 saturated heterocycles. The number of carbonyl (C=O) groups excluding carboxylic acids is 1. The summed E-state index contributed by atoms with van der Waals surface area (Å²) in [5.74, 6) is 0.126. The second-order valence-corrected chi connectivity index (χ2v) is 3.49. The van der Waals surface area contributed by atoms with Gasteiger partial charge in [0.2, 0.25) is 0 Å². The molecule has 1 unspecified atom stereocenters. The SMILES string of the molecule is CC1C=NNC=C1C(=O)c1ccccc1. The molecule has 0 bridgehead atoms. The third-order valence-electron chi connectivity index (χ3n) is 2.38. The molecule has 0 spiro atoms. The van der Waals surface area contributed by atoms with Crippen LogP contribution >= 0.6 is 0 Å². The zero-order valence-corrected chi connectivity index (χ0v) is 8.47. The van der Waals surface area contributed by atoms with Gasteiger partial charge in [-0.1, -0.05) is 37.3 Å². The van der Waals surface area contributed by atoms with Gasteiger partial charge in [0.15, 0.2) is 5.78 Å². The Labute approximate surface area is 88.5 Å². The van der Waals surface area contributed by atoms with Crippen LogP contribution in [0.4, 0.5) is 0 Å².